The van der Waals surface area contributed by atoms with Gasteiger partial charge >= 0.3 is 12.0 Å². The maximum absolute atomic E-state index is 11.9. The molecular formula is C14H26N2O3. The van der Waals surface area contributed by atoms with Crippen LogP contribution < -0.4 is 5.32 Å². The molecule has 0 spiro atoms. The number of nitrogens with one attached hydrogen (secondary N) is 1. The van der Waals surface area contributed by atoms with Gasteiger partial charge in [-0.15, -0.1) is 0 Å². The molecule has 19 heavy (non-hydrogen) atoms. The fraction of sp³-hybridized carbons (Fsp3) is 0.857. The van der Waals surface area contributed by atoms with Gasteiger partial charge < -0.3 is 15.3 Å². The van der Waals surface area contributed by atoms with Crippen molar-refractivity contribution in [2.24, 2.45) is 11.8 Å². The highest BCUT2D eigenvalue weighted by molar-refractivity contribution is 5.75. The predicted octanol–water partition coefficient (Wildman–Crippen LogP) is 2.32. The van der Waals surface area contributed by atoms with Crippen LogP contribution >= 0.6 is 0 Å². The molecule has 0 radical (unpaired) electrons. The Balaban J connectivity index is 2.26. The maximum atomic E-state index is 11.9. The minimum atomic E-state index is -0.868. The predicted molar refractivity (Wildman–Crippen MR) is 74.0 cm³/mol. The van der Waals surface area contributed by atoms with E-state index < -0.39 is 5.97 Å². The van der Waals surface area contributed by atoms with Gasteiger partial charge in [-0.3, -0.25) is 4.79 Å². The average molecular weight is 270 g/mol. The van der Waals surface area contributed by atoms with Crippen LogP contribution in [0, 0.1) is 11.8 Å². The Kier molecular flexibility index (Phi) is 6.67. The standard InChI is InChI=1S/C14H26N2O3/c1-3-16(9-8-13(17)18)14(19)15-10-12-6-4-11(2)5-7-12/h11-12H,3-10H2,1-2H3,(H,15,19)(H,17,18). The Hall–Kier alpha value is -1.26. The first kappa shape index (κ1) is 15.8. The number of carbonyl (C=O) groups is 2. The molecule has 1 rings (SSSR count). The summed E-state index contributed by atoms with van der Waals surface area (Å²) in [4.78, 5) is 24.0. The highest BCUT2D eigenvalue weighted by atomic mass is 16.4. The number of hydrogen-bond acceptors (Lipinski definition) is 2. The summed E-state index contributed by atoms with van der Waals surface area (Å²) in [5.74, 6) is 0.528. The van der Waals surface area contributed by atoms with Gasteiger partial charge in [0.1, 0.15) is 0 Å². The Labute approximate surface area is 115 Å². The normalized spacial score (nSPS) is 22.8. The van der Waals surface area contributed by atoms with Crippen LogP contribution in [0.25, 0.3) is 0 Å². The van der Waals surface area contributed by atoms with Crippen LogP contribution in [-0.2, 0) is 4.79 Å². The van der Waals surface area contributed by atoms with E-state index in [1.165, 1.54) is 25.7 Å². The van der Waals surface area contributed by atoms with Gasteiger partial charge in [-0.1, -0.05) is 19.8 Å². The second kappa shape index (κ2) is 8.02. The summed E-state index contributed by atoms with van der Waals surface area (Å²) in [6, 6.07) is -0.137. The van der Waals surface area contributed by atoms with Crippen molar-refractivity contribution < 1.29 is 14.7 Å². The zero-order valence-corrected chi connectivity index (χ0v) is 12.0. The van der Waals surface area contributed by atoms with E-state index in [4.69, 9.17) is 5.11 Å². The Morgan fingerprint density at radius 2 is 1.89 bits per heavy atom. The van der Waals surface area contributed by atoms with Crippen molar-refractivity contribution in [1.29, 1.82) is 0 Å². The molecule has 0 saturated heterocycles. The summed E-state index contributed by atoms with van der Waals surface area (Å²) >= 11 is 0. The van der Waals surface area contributed by atoms with Crippen molar-refractivity contribution in [2.45, 2.75) is 46.0 Å². The molecule has 2 N–H and O–H groups in total. The number of aliphatic carboxylic acids is 1. The van der Waals surface area contributed by atoms with E-state index in [0.717, 1.165) is 12.5 Å². The number of amides is 2. The summed E-state index contributed by atoms with van der Waals surface area (Å²) in [6.07, 6.45) is 4.86. The van der Waals surface area contributed by atoms with E-state index in [1.807, 2.05) is 6.92 Å². The highest BCUT2D eigenvalue weighted by Crippen LogP contribution is 2.27. The van der Waals surface area contributed by atoms with Crippen molar-refractivity contribution in [3.05, 3.63) is 0 Å². The minimum Gasteiger partial charge on any atom is -0.481 e. The molecule has 0 aromatic heterocycles. The van der Waals surface area contributed by atoms with Gasteiger partial charge in [0.05, 0.1) is 6.42 Å². The number of carboxylic acids is 1. The third kappa shape index (κ3) is 5.94. The number of nitrogens with zero attached hydrogens (tertiary/aromatic N) is 1. The van der Waals surface area contributed by atoms with E-state index in [1.54, 1.807) is 4.90 Å². The van der Waals surface area contributed by atoms with E-state index in [9.17, 15) is 9.59 Å². The highest BCUT2D eigenvalue weighted by Gasteiger charge is 2.20. The van der Waals surface area contributed by atoms with Crippen molar-refractivity contribution in [1.82, 2.24) is 10.2 Å². The van der Waals surface area contributed by atoms with Gasteiger partial charge in [0, 0.05) is 19.6 Å². The SMILES string of the molecule is CCN(CCC(=O)O)C(=O)NCC1CCC(C)CC1. The van der Waals surface area contributed by atoms with Crippen LogP contribution in [0.15, 0.2) is 0 Å². The number of rotatable bonds is 6. The third-order valence-electron chi connectivity index (χ3n) is 3.94. The topological polar surface area (TPSA) is 69.6 Å². The quantitative estimate of drug-likeness (QED) is 0.778. The number of carbonyl (C=O) groups excluding carboxylic acids is 1. The van der Waals surface area contributed by atoms with Gasteiger partial charge in [-0.05, 0) is 31.6 Å². The molecule has 1 aliphatic carbocycles. The molecule has 0 unspecified atom stereocenters. The summed E-state index contributed by atoms with van der Waals surface area (Å²) in [7, 11) is 0. The van der Waals surface area contributed by atoms with Crippen molar-refractivity contribution in [3.8, 4) is 0 Å². The van der Waals surface area contributed by atoms with E-state index in [-0.39, 0.29) is 19.0 Å². The number of urea groups is 1. The lowest BCUT2D eigenvalue weighted by atomic mass is 9.83. The summed E-state index contributed by atoms with van der Waals surface area (Å²) < 4.78 is 0. The maximum Gasteiger partial charge on any atom is 0.317 e. The average Bonchev–Trinajstić information content (AvgIpc) is 2.38. The number of carboxylic acid groups (broad SMARTS) is 1. The number of hydrogen-bond donors (Lipinski definition) is 2. The van der Waals surface area contributed by atoms with E-state index in [2.05, 4.69) is 12.2 Å². The summed E-state index contributed by atoms with van der Waals surface area (Å²) in [5, 5.41) is 11.6. The zero-order chi connectivity index (χ0) is 14.3. The van der Waals surface area contributed by atoms with Crippen molar-refractivity contribution in [3.63, 3.8) is 0 Å². The largest absolute Gasteiger partial charge is 0.481 e. The molecule has 1 aliphatic rings. The van der Waals surface area contributed by atoms with Crippen molar-refractivity contribution >= 4 is 12.0 Å². The van der Waals surface area contributed by atoms with E-state index >= 15 is 0 Å². The first-order valence-electron chi connectivity index (χ1n) is 7.27. The molecule has 0 aliphatic heterocycles. The van der Waals surface area contributed by atoms with E-state index in [0.29, 0.717) is 12.5 Å². The lowest BCUT2D eigenvalue weighted by Gasteiger charge is -2.27. The molecule has 5 heteroatoms. The minimum absolute atomic E-state index is 0.00219. The fourth-order valence-electron chi connectivity index (χ4n) is 2.51. The molecule has 110 valence electrons. The lowest BCUT2D eigenvalue weighted by Crippen LogP contribution is -2.43. The van der Waals surface area contributed by atoms with Crippen LogP contribution in [-0.4, -0.2) is 41.6 Å². The Morgan fingerprint density at radius 1 is 1.26 bits per heavy atom. The molecule has 1 fully saturated rings. The molecule has 1 saturated carbocycles. The first-order chi connectivity index (χ1) is 9.02. The smallest absolute Gasteiger partial charge is 0.317 e. The molecule has 0 aromatic rings. The molecule has 0 heterocycles. The molecular weight excluding hydrogens is 244 g/mol. The molecule has 0 aromatic carbocycles. The second-order valence-corrected chi connectivity index (χ2v) is 5.54. The van der Waals surface area contributed by atoms with Crippen LogP contribution in [0.2, 0.25) is 0 Å². The second-order valence-electron chi connectivity index (χ2n) is 5.54. The van der Waals surface area contributed by atoms with Crippen molar-refractivity contribution in [2.75, 3.05) is 19.6 Å². The zero-order valence-electron chi connectivity index (χ0n) is 12.0. The monoisotopic (exact) mass is 270 g/mol. The van der Waals surface area contributed by atoms with Gasteiger partial charge in [0.2, 0.25) is 0 Å². The summed E-state index contributed by atoms with van der Waals surface area (Å²) in [5.41, 5.74) is 0. The fourth-order valence-corrected chi connectivity index (χ4v) is 2.51. The van der Waals surface area contributed by atoms with Gasteiger partial charge in [0.15, 0.2) is 0 Å². The lowest BCUT2D eigenvalue weighted by molar-refractivity contribution is -0.137. The Bertz CT molecular complexity index is 299. The van der Waals surface area contributed by atoms with Gasteiger partial charge in [-0.2, -0.15) is 0 Å². The molecule has 0 atom stereocenters. The molecule has 2 amide bonds. The van der Waals surface area contributed by atoms with Gasteiger partial charge in [0.25, 0.3) is 0 Å². The molecule has 5 nitrogen and oxygen atoms in total. The van der Waals surface area contributed by atoms with Gasteiger partial charge in [-0.25, -0.2) is 4.79 Å². The van der Waals surface area contributed by atoms with Crippen LogP contribution in [0.1, 0.15) is 46.0 Å². The third-order valence-corrected chi connectivity index (χ3v) is 3.94. The van der Waals surface area contributed by atoms with Crippen LogP contribution in [0.3, 0.4) is 0 Å². The molecule has 0 bridgehead atoms. The summed E-state index contributed by atoms with van der Waals surface area (Å²) in [6.45, 7) is 5.68. The first-order valence-corrected chi connectivity index (χ1v) is 7.27. The van der Waals surface area contributed by atoms with Crippen LogP contribution in [0.5, 0.6) is 0 Å². The van der Waals surface area contributed by atoms with Crippen LogP contribution in [0.4, 0.5) is 4.79 Å². The Morgan fingerprint density at radius 3 is 2.42 bits per heavy atom.